The number of anilines is 1. The Labute approximate surface area is 126 Å². The van der Waals surface area contributed by atoms with Gasteiger partial charge in [0.25, 0.3) is 5.91 Å². The molecule has 2 rings (SSSR count). The van der Waals surface area contributed by atoms with Crippen molar-refractivity contribution in [3.63, 3.8) is 0 Å². The Morgan fingerprint density at radius 1 is 1.19 bits per heavy atom. The molecule has 21 heavy (non-hydrogen) atoms. The maximum atomic E-state index is 11.9. The first kappa shape index (κ1) is 15.7. The van der Waals surface area contributed by atoms with Crippen LogP contribution in [0.5, 0.6) is 0 Å². The number of rotatable bonds is 6. The molecule has 0 aromatic carbocycles. The Bertz CT molecular complexity index is 440. The van der Waals surface area contributed by atoms with Crippen molar-refractivity contribution in [2.75, 3.05) is 44.7 Å². The Morgan fingerprint density at radius 3 is 2.57 bits per heavy atom. The summed E-state index contributed by atoms with van der Waals surface area (Å²) >= 11 is 0. The molecule has 1 aromatic rings. The smallest absolute Gasteiger partial charge is 0.271 e. The van der Waals surface area contributed by atoms with Crippen LogP contribution in [0.2, 0.25) is 0 Å². The highest BCUT2D eigenvalue weighted by Crippen LogP contribution is 2.12. The summed E-state index contributed by atoms with van der Waals surface area (Å²) in [5.74, 6) is 0.717. The van der Waals surface area contributed by atoms with Crippen LogP contribution in [0.3, 0.4) is 0 Å². The summed E-state index contributed by atoms with van der Waals surface area (Å²) < 4.78 is 0. The minimum Gasteiger partial charge on any atom is -0.353 e. The van der Waals surface area contributed by atoms with Gasteiger partial charge < -0.3 is 15.1 Å². The van der Waals surface area contributed by atoms with E-state index in [1.54, 1.807) is 6.07 Å². The summed E-state index contributed by atoms with van der Waals surface area (Å²) in [6.45, 7) is 6.81. The van der Waals surface area contributed by atoms with Crippen LogP contribution in [-0.4, -0.2) is 60.8 Å². The molecule has 1 N–H and O–H groups in total. The zero-order chi connectivity index (χ0) is 15.1. The SMILES string of the molecule is CCCCCNC(=O)c1ccc(N2CCN(C)CC2)nn1. The van der Waals surface area contributed by atoms with Gasteiger partial charge in [0.2, 0.25) is 0 Å². The van der Waals surface area contributed by atoms with Crippen LogP contribution < -0.4 is 10.2 Å². The van der Waals surface area contributed by atoms with E-state index >= 15 is 0 Å². The normalized spacial score (nSPS) is 16.0. The maximum Gasteiger partial charge on any atom is 0.271 e. The lowest BCUT2D eigenvalue weighted by atomic mass is 10.2. The summed E-state index contributed by atoms with van der Waals surface area (Å²) in [4.78, 5) is 16.4. The molecule has 1 fully saturated rings. The van der Waals surface area contributed by atoms with Gasteiger partial charge in [-0.3, -0.25) is 4.79 Å². The van der Waals surface area contributed by atoms with E-state index in [9.17, 15) is 4.79 Å². The molecule has 0 spiro atoms. The summed E-state index contributed by atoms with van der Waals surface area (Å²) in [6.07, 6.45) is 3.29. The second kappa shape index (κ2) is 7.93. The standard InChI is InChI=1S/C15H25N5O/c1-3-4-5-8-16-15(21)13-6-7-14(18-17-13)20-11-9-19(2)10-12-20/h6-7H,3-5,8-12H2,1-2H3,(H,16,21). The molecular weight excluding hydrogens is 266 g/mol. The van der Waals surface area contributed by atoms with E-state index in [0.717, 1.165) is 51.3 Å². The molecule has 0 saturated carbocycles. The molecule has 2 heterocycles. The molecule has 0 radical (unpaired) electrons. The average molecular weight is 291 g/mol. The zero-order valence-corrected chi connectivity index (χ0v) is 13.0. The first-order valence-corrected chi connectivity index (χ1v) is 7.76. The van der Waals surface area contributed by atoms with Crippen molar-refractivity contribution in [1.29, 1.82) is 0 Å². The predicted octanol–water partition coefficient (Wildman–Crippen LogP) is 1.15. The van der Waals surface area contributed by atoms with Gasteiger partial charge in [0, 0.05) is 32.7 Å². The van der Waals surface area contributed by atoms with Crippen LogP contribution in [0.25, 0.3) is 0 Å². The molecule has 0 unspecified atom stereocenters. The van der Waals surface area contributed by atoms with Gasteiger partial charge in [-0.25, -0.2) is 0 Å². The Morgan fingerprint density at radius 2 is 1.95 bits per heavy atom. The molecule has 116 valence electrons. The molecule has 1 aliphatic heterocycles. The van der Waals surface area contributed by atoms with Crippen LogP contribution in [-0.2, 0) is 0 Å². The van der Waals surface area contributed by atoms with E-state index in [4.69, 9.17) is 0 Å². The molecule has 1 amide bonds. The number of carbonyl (C=O) groups is 1. The third-order valence-corrected chi connectivity index (χ3v) is 3.78. The highest BCUT2D eigenvalue weighted by molar-refractivity contribution is 5.92. The highest BCUT2D eigenvalue weighted by atomic mass is 16.1. The molecular formula is C15H25N5O. The average Bonchev–Trinajstić information content (AvgIpc) is 2.52. The summed E-state index contributed by atoms with van der Waals surface area (Å²) in [6, 6.07) is 3.65. The lowest BCUT2D eigenvalue weighted by Crippen LogP contribution is -2.44. The molecule has 0 atom stereocenters. The van der Waals surface area contributed by atoms with Gasteiger partial charge in [-0.15, -0.1) is 10.2 Å². The summed E-state index contributed by atoms with van der Waals surface area (Å²) in [7, 11) is 2.12. The van der Waals surface area contributed by atoms with Crippen molar-refractivity contribution in [2.24, 2.45) is 0 Å². The first-order valence-electron chi connectivity index (χ1n) is 7.76. The third-order valence-electron chi connectivity index (χ3n) is 3.78. The number of unbranched alkanes of at least 4 members (excludes halogenated alkanes) is 2. The van der Waals surface area contributed by atoms with Gasteiger partial charge in [-0.05, 0) is 25.6 Å². The van der Waals surface area contributed by atoms with Crippen molar-refractivity contribution in [2.45, 2.75) is 26.2 Å². The topological polar surface area (TPSA) is 61.4 Å². The Balaban J connectivity index is 1.85. The molecule has 6 nitrogen and oxygen atoms in total. The maximum absolute atomic E-state index is 11.9. The molecule has 1 aromatic heterocycles. The molecule has 1 saturated heterocycles. The molecule has 1 aliphatic rings. The van der Waals surface area contributed by atoms with Crippen molar-refractivity contribution < 1.29 is 4.79 Å². The number of hydrogen-bond donors (Lipinski definition) is 1. The molecule has 0 aliphatic carbocycles. The van der Waals surface area contributed by atoms with Crippen LogP contribution in [0, 0.1) is 0 Å². The van der Waals surface area contributed by atoms with Gasteiger partial charge in [0.1, 0.15) is 0 Å². The number of nitrogens with zero attached hydrogens (tertiary/aromatic N) is 4. The number of likely N-dealkylation sites (N-methyl/N-ethyl adjacent to an activating group) is 1. The van der Waals surface area contributed by atoms with E-state index in [0.29, 0.717) is 12.2 Å². The van der Waals surface area contributed by atoms with Gasteiger partial charge >= 0.3 is 0 Å². The van der Waals surface area contributed by atoms with Crippen molar-refractivity contribution in [3.05, 3.63) is 17.8 Å². The lowest BCUT2D eigenvalue weighted by Gasteiger charge is -2.32. The van der Waals surface area contributed by atoms with Crippen molar-refractivity contribution in [3.8, 4) is 0 Å². The number of piperazine rings is 1. The Hall–Kier alpha value is -1.69. The number of hydrogen-bond acceptors (Lipinski definition) is 5. The minimum atomic E-state index is -0.136. The van der Waals surface area contributed by atoms with E-state index in [2.05, 4.69) is 39.3 Å². The van der Waals surface area contributed by atoms with Crippen LogP contribution in [0.1, 0.15) is 36.7 Å². The molecule has 0 bridgehead atoms. The van der Waals surface area contributed by atoms with Crippen molar-refractivity contribution >= 4 is 11.7 Å². The fourth-order valence-corrected chi connectivity index (χ4v) is 2.32. The van der Waals surface area contributed by atoms with Gasteiger partial charge in [-0.1, -0.05) is 19.8 Å². The largest absolute Gasteiger partial charge is 0.353 e. The number of aromatic nitrogens is 2. The Kier molecular flexibility index (Phi) is 5.92. The van der Waals surface area contributed by atoms with E-state index in [1.807, 2.05) is 6.07 Å². The molecule has 6 heteroatoms. The van der Waals surface area contributed by atoms with E-state index < -0.39 is 0 Å². The second-order valence-corrected chi connectivity index (χ2v) is 5.53. The van der Waals surface area contributed by atoms with Gasteiger partial charge in [-0.2, -0.15) is 0 Å². The summed E-state index contributed by atoms with van der Waals surface area (Å²) in [5, 5.41) is 11.1. The number of carbonyl (C=O) groups excluding carboxylic acids is 1. The quantitative estimate of drug-likeness (QED) is 0.797. The first-order chi connectivity index (χ1) is 10.2. The zero-order valence-electron chi connectivity index (χ0n) is 13.0. The third kappa shape index (κ3) is 4.67. The number of amides is 1. The fourth-order valence-electron chi connectivity index (χ4n) is 2.32. The monoisotopic (exact) mass is 291 g/mol. The predicted molar refractivity (Wildman–Crippen MR) is 83.6 cm³/mol. The van der Waals surface area contributed by atoms with Gasteiger partial charge in [0.15, 0.2) is 11.5 Å². The van der Waals surface area contributed by atoms with E-state index in [-0.39, 0.29) is 5.91 Å². The minimum absolute atomic E-state index is 0.136. The van der Waals surface area contributed by atoms with Crippen molar-refractivity contribution in [1.82, 2.24) is 20.4 Å². The van der Waals surface area contributed by atoms with Crippen LogP contribution >= 0.6 is 0 Å². The fraction of sp³-hybridized carbons (Fsp3) is 0.667. The second-order valence-electron chi connectivity index (χ2n) is 5.53. The highest BCUT2D eigenvalue weighted by Gasteiger charge is 2.16. The summed E-state index contributed by atoms with van der Waals surface area (Å²) in [5.41, 5.74) is 0.393. The van der Waals surface area contributed by atoms with E-state index in [1.165, 1.54) is 0 Å². The lowest BCUT2D eigenvalue weighted by molar-refractivity contribution is 0.0947. The number of nitrogens with one attached hydrogen (secondary N) is 1. The van der Waals surface area contributed by atoms with Crippen LogP contribution in [0.15, 0.2) is 12.1 Å². The van der Waals surface area contributed by atoms with Crippen LogP contribution in [0.4, 0.5) is 5.82 Å². The van der Waals surface area contributed by atoms with Gasteiger partial charge in [0.05, 0.1) is 0 Å².